The minimum Gasteiger partial charge on any atom is -0.494 e. The third kappa shape index (κ3) is 12.4. The van der Waals surface area contributed by atoms with Crippen molar-refractivity contribution in [3.63, 3.8) is 0 Å². The molecule has 5 heteroatoms. The minimum atomic E-state index is -0.347. The number of benzene rings is 1. The fourth-order valence-electron chi connectivity index (χ4n) is 2.63. The van der Waals surface area contributed by atoms with Gasteiger partial charge in [-0.25, -0.2) is 4.79 Å². The van der Waals surface area contributed by atoms with E-state index in [1.54, 1.807) is 19.2 Å². The molecule has 27 heavy (non-hydrogen) atoms. The van der Waals surface area contributed by atoms with Gasteiger partial charge in [-0.05, 0) is 30.7 Å². The summed E-state index contributed by atoms with van der Waals surface area (Å²) in [6.45, 7) is 4.60. The normalized spacial score (nSPS) is 10.7. The Kier molecular flexibility index (Phi) is 14.4. The van der Waals surface area contributed by atoms with Crippen LogP contribution in [-0.4, -0.2) is 46.1 Å². The highest BCUT2D eigenvalue weighted by Gasteiger charge is 2.07. The lowest BCUT2D eigenvalue weighted by Crippen LogP contribution is -2.12. The molecule has 0 bridgehead atoms. The van der Waals surface area contributed by atoms with Crippen molar-refractivity contribution in [1.82, 2.24) is 0 Å². The first-order valence-electron chi connectivity index (χ1n) is 10.2. The molecular formula is C22H36O5. The number of unbranched alkanes of at least 4 members (excludes halogenated alkanes) is 7. The molecule has 0 N–H and O–H groups in total. The number of carbonyl (C=O) groups excluding carboxylic acids is 1. The standard InChI is InChI=1S/C22H36O5/c1-3-4-5-6-7-8-9-10-15-26-21-13-11-20(12-14-21)22(23)27-19-18-25-17-16-24-2/h11-14H,3-10,15-19H2,1-2H3. The lowest BCUT2D eigenvalue weighted by Gasteiger charge is -2.08. The van der Waals surface area contributed by atoms with E-state index < -0.39 is 0 Å². The number of hydrogen-bond acceptors (Lipinski definition) is 5. The third-order valence-corrected chi connectivity index (χ3v) is 4.25. The molecule has 0 saturated heterocycles. The zero-order valence-corrected chi connectivity index (χ0v) is 17.0. The highest BCUT2D eigenvalue weighted by Crippen LogP contribution is 2.14. The van der Waals surface area contributed by atoms with Crippen LogP contribution in [0.3, 0.4) is 0 Å². The van der Waals surface area contributed by atoms with Gasteiger partial charge in [0.15, 0.2) is 0 Å². The Balaban J connectivity index is 2.08. The van der Waals surface area contributed by atoms with Crippen LogP contribution in [0.15, 0.2) is 24.3 Å². The van der Waals surface area contributed by atoms with Crippen molar-refractivity contribution in [2.24, 2.45) is 0 Å². The average Bonchev–Trinajstić information content (AvgIpc) is 2.69. The second kappa shape index (κ2) is 16.6. The van der Waals surface area contributed by atoms with Crippen LogP contribution in [0.2, 0.25) is 0 Å². The molecule has 0 spiro atoms. The monoisotopic (exact) mass is 380 g/mol. The van der Waals surface area contributed by atoms with Gasteiger partial charge < -0.3 is 18.9 Å². The van der Waals surface area contributed by atoms with E-state index in [0.717, 1.165) is 18.8 Å². The molecule has 1 aromatic rings. The summed E-state index contributed by atoms with van der Waals surface area (Å²) in [6, 6.07) is 7.10. The van der Waals surface area contributed by atoms with E-state index in [0.29, 0.717) is 25.4 Å². The van der Waals surface area contributed by atoms with Crippen molar-refractivity contribution in [2.45, 2.75) is 58.3 Å². The van der Waals surface area contributed by atoms with E-state index in [1.807, 2.05) is 12.1 Å². The Morgan fingerprint density at radius 2 is 1.41 bits per heavy atom. The largest absolute Gasteiger partial charge is 0.494 e. The highest BCUT2D eigenvalue weighted by molar-refractivity contribution is 5.89. The van der Waals surface area contributed by atoms with E-state index in [1.165, 1.54) is 44.9 Å². The van der Waals surface area contributed by atoms with E-state index in [9.17, 15) is 4.79 Å². The van der Waals surface area contributed by atoms with Crippen LogP contribution in [0.1, 0.15) is 68.6 Å². The summed E-state index contributed by atoms with van der Waals surface area (Å²) >= 11 is 0. The summed E-state index contributed by atoms with van der Waals surface area (Å²) in [5, 5.41) is 0. The predicted molar refractivity (Wildman–Crippen MR) is 108 cm³/mol. The van der Waals surface area contributed by atoms with Gasteiger partial charge in [-0.3, -0.25) is 0 Å². The van der Waals surface area contributed by atoms with Crippen molar-refractivity contribution in [2.75, 3.05) is 40.1 Å². The van der Waals surface area contributed by atoms with Crippen molar-refractivity contribution in [3.8, 4) is 5.75 Å². The first-order chi connectivity index (χ1) is 13.3. The Morgan fingerprint density at radius 3 is 2.07 bits per heavy atom. The smallest absolute Gasteiger partial charge is 0.338 e. The molecule has 0 radical (unpaired) electrons. The van der Waals surface area contributed by atoms with Crippen molar-refractivity contribution in [1.29, 1.82) is 0 Å². The van der Waals surface area contributed by atoms with Gasteiger partial charge in [-0.1, -0.05) is 51.9 Å². The number of rotatable bonds is 17. The molecular weight excluding hydrogens is 344 g/mol. The average molecular weight is 381 g/mol. The van der Waals surface area contributed by atoms with E-state index >= 15 is 0 Å². The second-order valence-electron chi connectivity index (χ2n) is 6.59. The molecule has 154 valence electrons. The fourth-order valence-corrected chi connectivity index (χ4v) is 2.63. The van der Waals surface area contributed by atoms with Crippen molar-refractivity contribution < 1.29 is 23.7 Å². The van der Waals surface area contributed by atoms with Crippen molar-refractivity contribution >= 4 is 5.97 Å². The lowest BCUT2D eigenvalue weighted by molar-refractivity contribution is 0.0214. The molecule has 0 aliphatic heterocycles. The Morgan fingerprint density at radius 1 is 0.778 bits per heavy atom. The van der Waals surface area contributed by atoms with Crippen LogP contribution in [0, 0.1) is 0 Å². The summed E-state index contributed by atoms with van der Waals surface area (Å²) < 4.78 is 21.0. The van der Waals surface area contributed by atoms with Gasteiger partial charge >= 0.3 is 5.97 Å². The van der Waals surface area contributed by atoms with Gasteiger partial charge in [0.1, 0.15) is 12.4 Å². The Labute approximate surface area is 164 Å². The van der Waals surface area contributed by atoms with Gasteiger partial charge in [0, 0.05) is 7.11 Å². The number of esters is 1. The maximum Gasteiger partial charge on any atom is 0.338 e. The zero-order valence-electron chi connectivity index (χ0n) is 17.0. The predicted octanol–water partition coefficient (Wildman–Crippen LogP) is 5.03. The number of carbonyl (C=O) groups is 1. The molecule has 0 aromatic heterocycles. The van der Waals surface area contributed by atoms with Gasteiger partial charge in [0.2, 0.25) is 0 Å². The van der Waals surface area contributed by atoms with Crippen LogP contribution >= 0.6 is 0 Å². The van der Waals surface area contributed by atoms with Crippen LogP contribution in [0.5, 0.6) is 5.75 Å². The molecule has 1 rings (SSSR count). The maximum absolute atomic E-state index is 11.9. The zero-order chi connectivity index (χ0) is 19.6. The molecule has 5 nitrogen and oxygen atoms in total. The van der Waals surface area contributed by atoms with Crippen molar-refractivity contribution in [3.05, 3.63) is 29.8 Å². The molecule has 0 atom stereocenters. The summed E-state index contributed by atoms with van der Waals surface area (Å²) in [4.78, 5) is 11.9. The van der Waals surface area contributed by atoms with Gasteiger partial charge in [-0.2, -0.15) is 0 Å². The minimum absolute atomic E-state index is 0.235. The first kappa shape index (κ1) is 23.4. The highest BCUT2D eigenvalue weighted by atomic mass is 16.6. The third-order valence-electron chi connectivity index (χ3n) is 4.25. The van der Waals surface area contributed by atoms with E-state index in [2.05, 4.69) is 6.92 Å². The second-order valence-corrected chi connectivity index (χ2v) is 6.59. The van der Waals surface area contributed by atoms with Crippen LogP contribution in [-0.2, 0) is 14.2 Å². The van der Waals surface area contributed by atoms with Crippen LogP contribution < -0.4 is 4.74 Å². The summed E-state index contributed by atoms with van der Waals surface area (Å²) in [7, 11) is 1.62. The summed E-state index contributed by atoms with van der Waals surface area (Å²) in [5.74, 6) is 0.442. The molecule has 0 saturated carbocycles. The molecule has 0 aliphatic carbocycles. The van der Waals surface area contributed by atoms with Gasteiger partial charge in [0.25, 0.3) is 0 Å². The Bertz CT molecular complexity index is 472. The lowest BCUT2D eigenvalue weighted by atomic mass is 10.1. The maximum atomic E-state index is 11.9. The number of ether oxygens (including phenoxy) is 4. The number of hydrogen-bond donors (Lipinski definition) is 0. The molecule has 0 unspecified atom stereocenters. The summed E-state index contributed by atoms with van der Waals surface area (Å²) in [5.41, 5.74) is 0.520. The van der Waals surface area contributed by atoms with E-state index in [4.69, 9.17) is 18.9 Å². The molecule has 0 aliphatic rings. The first-order valence-corrected chi connectivity index (χ1v) is 10.2. The molecule has 0 heterocycles. The number of methoxy groups -OCH3 is 1. The molecule has 0 amide bonds. The quantitative estimate of drug-likeness (QED) is 0.280. The fraction of sp³-hybridized carbons (Fsp3) is 0.682. The van der Waals surface area contributed by atoms with Crippen LogP contribution in [0.4, 0.5) is 0 Å². The van der Waals surface area contributed by atoms with Gasteiger partial charge in [0.05, 0.1) is 32.0 Å². The van der Waals surface area contributed by atoms with E-state index in [-0.39, 0.29) is 12.6 Å². The summed E-state index contributed by atoms with van der Waals surface area (Å²) in [6.07, 6.45) is 10.3. The van der Waals surface area contributed by atoms with Gasteiger partial charge in [-0.15, -0.1) is 0 Å². The molecule has 0 fully saturated rings. The Hall–Kier alpha value is -1.59. The van der Waals surface area contributed by atoms with Crippen LogP contribution in [0.25, 0.3) is 0 Å². The SMILES string of the molecule is CCCCCCCCCCOc1ccc(C(=O)OCCOCCOC)cc1. The molecule has 1 aromatic carbocycles. The topological polar surface area (TPSA) is 54.0 Å².